The Morgan fingerprint density at radius 2 is 1.53 bits per heavy atom. The molecule has 0 aromatic rings. The van der Waals surface area contributed by atoms with E-state index < -0.39 is 0 Å². The first-order valence-corrected chi connectivity index (χ1v) is 5.98. The van der Waals surface area contributed by atoms with Gasteiger partial charge in [-0.2, -0.15) is 0 Å². The second kappa shape index (κ2) is 7.69. The Morgan fingerprint density at radius 1 is 1.20 bits per heavy atom. The van der Waals surface area contributed by atoms with Crippen LogP contribution in [0.1, 0.15) is 46.5 Å². The summed E-state index contributed by atoms with van der Waals surface area (Å²) in [7, 11) is 2.30. The number of hydrogen-bond donors (Lipinski definition) is 1. The van der Waals surface area contributed by atoms with E-state index in [0.717, 1.165) is 18.0 Å². The zero-order valence-electron chi connectivity index (χ0n) is 10.4. The van der Waals surface area contributed by atoms with Gasteiger partial charge in [0.2, 0.25) is 0 Å². The Labute approximate surface area is 93.5 Å². The van der Waals surface area contributed by atoms with Gasteiger partial charge >= 0.3 is 0 Å². The molecule has 0 radical (unpaired) electrons. The number of hydrogen-bond acceptors (Lipinski definition) is 2. The number of fused-ring (bicyclic) bond motifs is 2. The van der Waals surface area contributed by atoms with Crippen molar-refractivity contribution in [3.05, 3.63) is 0 Å². The smallest absolute Gasteiger partial charge is 0.290 e. The molecule has 0 aliphatic carbocycles. The lowest BCUT2D eigenvalue weighted by molar-refractivity contribution is -0.122. The first-order chi connectivity index (χ1) is 7.19. The molecule has 3 heteroatoms. The van der Waals surface area contributed by atoms with Gasteiger partial charge in [-0.3, -0.25) is 4.79 Å². The lowest BCUT2D eigenvalue weighted by Gasteiger charge is -2.34. The van der Waals surface area contributed by atoms with E-state index in [1.165, 1.54) is 25.7 Å². The number of piperidine rings is 1. The molecule has 90 valence electrons. The summed E-state index contributed by atoms with van der Waals surface area (Å²) in [5.74, 6) is 0.994. The van der Waals surface area contributed by atoms with Gasteiger partial charge in [0.05, 0.1) is 0 Å². The van der Waals surface area contributed by atoms with Crippen LogP contribution in [0.5, 0.6) is 0 Å². The Hall–Kier alpha value is -0.570. The zero-order valence-corrected chi connectivity index (χ0v) is 10.4. The van der Waals surface area contributed by atoms with Gasteiger partial charge in [0.1, 0.15) is 0 Å². The van der Waals surface area contributed by atoms with Crippen LogP contribution in [0.25, 0.3) is 0 Å². The standard InChI is InChI=1S/C9H17N.C2H6.CH2O2/c1-7-5-8-3-4-9(6-7)10(8)2;1-2;2-1-3/h7-9H,3-6H2,1-2H3;1-2H3;1H,(H,2,3). The van der Waals surface area contributed by atoms with E-state index in [9.17, 15) is 0 Å². The summed E-state index contributed by atoms with van der Waals surface area (Å²) in [5.41, 5.74) is 0. The maximum absolute atomic E-state index is 8.36. The molecule has 0 aromatic heterocycles. The van der Waals surface area contributed by atoms with Crippen LogP contribution < -0.4 is 0 Å². The fourth-order valence-electron chi connectivity index (χ4n) is 2.68. The molecule has 2 fully saturated rings. The van der Waals surface area contributed by atoms with Crippen molar-refractivity contribution >= 4 is 6.47 Å². The zero-order chi connectivity index (χ0) is 11.8. The van der Waals surface area contributed by atoms with E-state index in [1.54, 1.807) is 0 Å². The molecule has 2 heterocycles. The summed E-state index contributed by atoms with van der Waals surface area (Å²) in [6.45, 7) is 6.15. The van der Waals surface area contributed by atoms with Crippen molar-refractivity contribution in [2.45, 2.75) is 58.5 Å². The van der Waals surface area contributed by atoms with Crippen LogP contribution in [0.2, 0.25) is 0 Å². The highest BCUT2D eigenvalue weighted by Gasteiger charge is 2.36. The summed E-state index contributed by atoms with van der Waals surface area (Å²) < 4.78 is 0. The van der Waals surface area contributed by atoms with Crippen molar-refractivity contribution in [1.82, 2.24) is 4.90 Å². The van der Waals surface area contributed by atoms with Crippen molar-refractivity contribution in [3.63, 3.8) is 0 Å². The summed E-state index contributed by atoms with van der Waals surface area (Å²) in [6, 6.07) is 1.88. The monoisotopic (exact) mass is 215 g/mol. The predicted octanol–water partition coefficient (Wildman–Crippen LogP) is 2.61. The van der Waals surface area contributed by atoms with Crippen LogP contribution in [0.15, 0.2) is 0 Å². The minimum atomic E-state index is -0.250. The molecule has 2 aliphatic heterocycles. The molecule has 2 bridgehead atoms. The van der Waals surface area contributed by atoms with Gasteiger partial charge in [-0.25, -0.2) is 0 Å². The molecular weight excluding hydrogens is 190 g/mol. The van der Waals surface area contributed by atoms with Crippen LogP contribution in [-0.2, 0) is 4.79 Å². The number of carboxylic acid groups (broad SMARTS) is 1. The van der Waals surface area contributed by atoms with Crippen LogP contribution >= 0.6 is 0 Å². The largest absolute Gasteiger partial charge is 0.483 e. The number of nitrogens with zero attached hydrogens (tertiary/aromatic N) is 1. The van der Waals surface area contributed by atoms with Crippen LogP contribution in [-0.4, -0.2) is 35.6 Å². The molecule has 0 amide bonds. The van der Waals surface area contributed by atoms with E-state index in [-0.39, 0.29) is 6.47 Å². The van der Waals surface area contributed by atoms with Crippen molar-refractivity contribution in [1.29, 1.82) is 0 Å². The minimum Gasteiger partial charge on any atom is -0.483 e. The van der Waals surface area contributed by atoms with E-state index in [0.29, 0.717) is 0 Å². The SMILES string of the molecule is CC.CC1CC2CCC(C1)N2C.O=CO. The quantitative estimate of drug-likeness (QED) is 0.631. The first-order valence-electron chi connectivity index (χ1n) is 5.98. The first kappa shape index (κ1) is 14.4. The van der Waals surface area contributed by atoms with Crippen molar-refractivity contribution < 1.29 is 9.90 Å². The Balaban J connectivity index is 0.000000342. The third-order valence-corrected chi connectivity index (χ3v) is 3.33. The predicted molar refractivity (Wildman–Crippen MR) is 63.0 cm³/mol. The van der Waals surface area contributed by atoms with Crippen molar-refractivity contribution in [2.75, 3.05) is 7.05 Å². The van der Waals surface area contributed by atoms with Gasteiger partial charge in [0.15, 0.2) is 0 Å². The van der Waals surface area contributed by atoms with Crippen LogP contribution in [0, 0.1) is 5.92 Å². The van der Waals surface area contributed by atoms with E-state index in [1.807, 2.05) is 13.8 Å². The highest BCUT2D eigenvalue weighted by atomic mass is 16.3. The highest BCUT2D eigenvalue weighted by molar-refractivity contribution is 5.32. The number of rotatable bonds is 0. The van der Waals surface area contributed by atoms with Crippen LogP contribution in [0.4, 0.5) is 0 Å². The minimum absolute atomic E-state index is 0.250. The Morgan fingerprint density at radius 3 is 1.87 bits per heavy atom. The third kappa shape index (κ3) is 4.20. The summed E-state index contributed by atoms with van der Waals surface area (Å²) >= 11 is 0. The highest BCUT2D eigenvalue weighted by Crippen LogP contribution is 2.36. The number of carbonyl (C=O) groups is 1. The Bertz CT molecular complexity index is 159. The maximum atomic E-state index is 8.36. The third-order valence-electron chi connectivity index (χ3n) is 3.33. The lowest BCUT2D eigenvalue weighted by Crippen LogP contribution is -2.39. The van der Waals surface area contributed by atoms with Gasteiger partial charge in [-0.15, -0.1) is 0 Å². The van der Waals surface area contributed by atoms with Gasteiger partial charge in [0, 0.05) is 12.1 Å². The summed E-state index contributed by atoms with van der Waals surface area (Å²) in [6.07, 6.45) is 5.83. The normalized spacial score (nSPS) is 33.2. The lowest BCUT2D eigenvalue weighted by atomic mass is 9.93. The molecule has 2 saturated heterocycles. The average Bonchev–Trinajstić information content (AvgIpc) is 2.46. The van der Waals surface area contributed by atoms with Gasteiger partial charge in [-0.1, -0.05) is 20.8 Å². The molecule has 2 aliphatic rings. The second-order valence-electron chi connectivity index (χ2n) is 4.23. The molecule has 2 atom stereocenters. The van der Waals surface area contributed by atoms with Crippen molar-refractivity contribution in [3.8, 4) is 0 Å². The van der Waals surface area contributed by atoms with Crippen molar-refractivity contribution in [2.24, 2.45) is 5.92 Å². The fraction of sp³-hybridized carbons (Fsp3) is 0.917. The molecule has 2 rings (SSSR count). The van der Waals surface area contributed by atoms with Crippen LogP contribution in [0.3, 0.4) is 0 Å². The molecule has 0 spiro atoms. The molecule has 15 heavy (non-hydrogen) atoms. The van der Waals surface area contributed by atoms with E-state index >= 15 is 0 Å². The summed E-state index contributed by atoms with van der Waals surface area (Å²) in [4.78, 5) is 11.0. The molecule has 0 aromatic carbocycles. The topological polar surface area (TPSA) is 40.5 Å². The molecule has 0 saturated carbocycles. The molecular formula is C12H25NO2. The maximum Gasteiger partial charge on any atom is 0.290 e. The van der Waals surface area contributed by atoms with Gasteiger partial charge in [0.25, 0.3) is 6.47 Å². The Kier molecular flexibility index (Phi) is 7.39. The van der Waals surface area contributed by atoms with Gasteiger partial charge in [-0.05, 0) is 38.6 Å². The second-order valence-corrected chi connectivity index (χ2v) is 4.23. The van der Waals surface area contributed by atoms with E-state index in [4.69, 9.17) is 9.90 Å². The summed E-state index contributed by atoms with van der Waals surface area (Å²) in [5, 5.41) is 6.89. The molecule has 2 unspecified atom stereocenters. The molecule has 1 N–H and O–H groups in total. The molecule has 3 nitrogen and oxygen atoms in total. The van der Waals surface area contributed by atoms with Gasteiger partial charge < -0.3 is 10.0 Å². The fourth-order valence-corrected chi connectivity index (χ4v) is 2.68. The van der Waals surface area contributed by atoms with E-state index in [2.05, 4.69) is 18.9 Å². The average molecular weight is 215 g/mol.